The highest BCUT2D eigenvalue weighted by molar-refractivity contribution is 5.76. The highest BCUT2D eigenvalue weighted by atomic mass is 16.5. The number of pyridine rings is 1. The Morgan fingerprint density at radius 2 is 1.94 bits per heavy atom. The number of hydrazone groups is 1. The van der Waals surface area contributed by atoms with E-state index in [0.29, 0.717) is 36.4 Å². The van der Waals surface area contributed by atoms with Crippen LogP contribution in [0, 0.1) is 5.92 Å². The second-order valence-electron chi connectivity index (χ2n) is 12.8. The van der Waals surface area contributed by atoms with Crippen molar-refractivity contribution in [1.29, 1.82) is 0 Å². The molecule has 270 valence electrons. The number of methoxy groups -OCH3 is 1. The van der Waals surface area contributed by atoms with E-state index in [1.165, 1.54) is 17.7 Å². The lowest BCUT2D eigenvalue weighted by Gasteiger charge is -2.37. The maximum atomic E-state index is 12.6. The number of allylic oxidation sites excluding steroid dienone is 2. The first-order chi connectivity index (χ1) is 23.7. The van der Waals surface area contributed by atoms with Gasteiger partial charge in [-0.3, -0.25) is 9.59 Å². The van der Waals surface area contributed by atoms with E-state index in [1.807, 2.05) is 22.0 Å². The SMILES string of the molecule is C=NN(/C(C)=C\CC)c1cc(C(CC)CN2CCC(CCc3ccc(OC)c(N)n3)C2)cc(N2CCN(C(=O)CCCN)CC2)c1.O=CO. The molecule has 2 unspecified atom stereocenters. The Hall–Kier alpha value is -4.16. The van der Waals surface area contributed by atoms with E-state index in [1.54, 1.807) is 7.11 Å². The van der Waals surface area contributed by atoms with Crippen LogP contribution in [0.15, 0.2) is 47.2 Å². The third kappa shape index (κ3) is 11.5. The molecule has 1 aromatic carbocycles. The Bertz CT molecular complexity index is 1380. The van der Waals surface area contributed by atoms with Crippen molar-refractivity contribution in [3.8, 4) is 5.75 Å². The monoisotopic (exact) mass is 678 g/mol. The first-order valence-electron chi connectivity index (χ1n) is 17.6. The third-order valence-electron chi connectivity index (χ3n) is 9.52. The number of carboxylic acid groups (broad SMARTS) is 1. The number of hydrogen-bond donors (Lipinski definition) is 3. The number of nitrogens with two attached hydrogens (primary N) is 2. The summed E-state index contributed by atoms with van der Waals surface area (Å²) in [5.41, 5.74) is 17.3. The Labute approximate surface area is 292 Å². The molecule has 2 fully saturated rings. The standard InChI is InChI=1S/C36H56N8O2.CH2O2/c1-6-9-27(3)44(39-4)33-23-30(22-32(24-33)42-18-20-43(21-19-42)35(45)10-8-16-37)29(7-2)26-41-17-15-28(25-41)11-12-31-13-14-34(46-5)36(38)40-31;2-1-3/h9,13-14,22-24,28-29H,4,6-8,10-12,15-21,25-26,37H2,1-3,5H3,(H2,38,40);1H,(H,2,3)/b27-9-;. The lowest BCUT2D eigenvalue weighted by molar-refractivity contribution is -0.131. The van der Waals surface area contributed by atoms with Crippen molar-refractivity contribution in [2.75, 3.05) is 75.1 Å². The van der Waals surface area contributed by atoms with Gasteiger partial charge in [0.1, 0.15) is 0 Å². The first-order valence-corrected chi connectivity index (χ1v) is 17.6. The van der Waals surface area contributed by atoms with Gasteiger partial charge in [-0.25, -0.2) is 9.99 Å². The minimum Gasteiger partial charge on any atom is -0.493 e. The number of carbonyl (C=O) groups excluding carboxylic acids is 1. The van der Waals surface area contributed by atoms with E-state index in [2.05, 4.69) is 71.6 Å². The molecular weight excluding hydrogens is 620 g/mol. The fourth-order valence-corrected chi connectivity index (χ4v) is 6.83. The number of piperazine rings is 1. The van der Waals surface area contributed by atoms with Gasteiger partial charge < -0.3 is 36.0 Å². The van der Waals surface area contributed by atoms with Crippen LogP contribution in [-0.4, -0.2) is 98.5 Å². The Kier molecular flexibility index (Phi) is 16.3. The number of aromatic nitrogens is 1. The zero-order valence-corrected chi connectivity index (χ0v) is 30.0. The molecule has 12 heteroatoms. The van der Waals surface area contributed by atoms with Gasteiger partial charge in [0.05, 0.1) is 12.8 Å². The van der Waals surface area contributed by atoms with E-state index in [4.69, 9.17) is 26.1 Å². The number of nitrogen functional groups attached to an aromatic ring is 1. The van der Waals surface area contributed by atoms with E-state index >= 15 is 0 Å². The Balaban J connectivity index is 0.00000209. The van der Waals surface area contributed by atoms with Crippen molar-refractivity contribution in [2.45, 2.75) is 71.6 Å². The van der Waals surface area contributed by atoms with Crippen LogP contribution in [0.1, 0.15) is 76.5 Å². The van der Waals surface area contributed by atoms with Gasteiger partial charge in [-0.05, 0) is 106 Å². The number of benzene rings is 1. The van der Waals surface area contributed by atoms with E-state index in [9.17, 15) is 4.79 Å². The molecular formula is C37H58N8O4. The van der Waals surface area contributed by atoms with Crippen molar-refractivity contribution >= 4 is 36.3 Å². The van der Waals surface area contributed by atoms with Gasteiger partial charge >= 0.3 is 0 Å². The molecule has 0 saturated carbocycles. The average molecular weight is 679 g/mol. The van der Waals surface area contributed by atoms with Crippen LogP contribution in [0.3, 0.4) is 0 Å². The third-order valence-corrected chi connectivity index (χ3v) is 9.52. The highest BCUT2D eigenvalue weighted by Gasteiger charge is 2.27. The number of rotatable bonds is 16. The summed E-state index contributed by atoms with van der Waals surface area (Å²) in [4.78, 5) is 32.6. The quantitative estimate of drug-likeness (QED) is 0.126. The summed E-state index contributed by atoms with van der Waals surface area (Å²) >= 11 is 0. The van der Waals surface area contributed by atoms with Crippen molar-refractivity contribution in [3.63, 3.8) is 0 Å². The summed E-state index contributed by atoms with van der Waals surface area (Å²) in [6, 6.07) is 10.8. The zero-order chi connectivity index (χ0) is 35.8. The predicted molar refractivity (Wildman–Crippen MR) is 199 cm³/mol. The minimum atomic E-state index is -0.250. The van der Waals surface area contributed by atoms with E-state index in [-0.39, 0.29) is 12.4 Å². The molecule has 12 nitrogen and oxygen atoms in total. The molecule has 2 aliphatic heterocycles. The van der Waals surface area contributed by atoms with Crippen LogP contribution in [0.4, 0.5) is 17.2 Å². The summed E-state index contributed by atoms with van der Waals surface area (Å²) in [7, 11) is 1.62. The van der Waals surface area contributed by atoms with Gasteiger partial charge in [0.2, 0.25) is 5.91 Å². The number of aryl methyl sites for hydroxylation is 1. The molecule has 2 aliphatic rings. The Morgan fingerprint density at radius 3 is 2.55 bits per heavy atom. The topological polar surface area (TPSA) is 154 Å². The normalized spacial score (nSPS) is 17.2. The molecule has 0 aliphatic carbocycles. The minimum absolute atomic E-state index is 0.209. The molecule has 49 heavy (non-hydrogen) atoms. The molecule has 3 heterocycles. The second-order valence-corrected chi connectivity index (χ2v) is 12.8. The zero-order valence-electron chi connectivity index (χ0n) is 30.0. The van der Waals surface area contributed by atoms with Crippen LogP contribution in [0.5, 0.6) is 5.75 Å². The molecule has 2 aromatic rings. The highest BCUT2D eigenvalue weighted by Crippen LogP contribution is 2.34. The average Bonchev–Trinajstić information content (AvgIpc) is 3.56. The van der Waals surface area contributed by atoms with Crippen LogP contribution < -0.4 is 26.1 Å². The van der Waals surface area contributed by atoms with Crippen LogP contribution in [0.25, 0.3) is 0 Å². The van der Waals surface area contributed by atoms with Gasteiger partial charge in [0.15, 0.2) is 11.6 Å². The predicted octanol–water partition coefficient (Wildman–Crippen LogP) is 4.94. The number of hydrogen-bond acceptors (Lipinski definition) is 10. The second kappa shape index (κ2) is 20.4. The maximum absolute atomic E-state index is 12.6. The Morgan fingerprint density at radius 1 is 1.20 bits per heavy atom. The van der Waals surface area contributed by atoms with Gasteiger partial charge in [-0.2, -0.15) is 5.10 Å². The molecule has 0 bridgehead atoms. The summed E-state index contributed by atoms with van der Waals surface area (Å²) < 4.78 is 5.26. The molecule has 4 rings (SSSR count). The number of anilines is 3. The molecule has 1 aromatic heterocycles. The first kappa shape index (κ1) is 39.3. The molecule has 1 amide bonds. The fourth-order valence-electron chi connectivity index (χ4n) is 6.83. The van der Waals surface area contributed by atoms with Crippen molar-refractivity contribution in [2.24, 2.45) is 16.8 Å². The molecule has 0 spiro atoms. The van der Waals surface area contributed by atoms with Crippen LogP contribution in [-0.2, 0) is 16.0 Å². The number of likely N-dealkylation sites (tertiary alicyclic amines) is 1. The van der Waals surface area contributed by atoms with Crippen molar-refractivity contribution in [1.82, 2.24) is 14.8 Å². The van der Waals surface area contributed by atoms with Crippen LogP contribution >= 0.6 is 0 Å². The van der Waals surface area contributed by atoms with Crippen molar-refractivity contribution in [3.05, 3.63) is 53.4 Å². The molecule has 2 saturated heterocycles. The number of carbonyl (C=O) groups is 2. The lowest BCUT2D eigenvalue weighted by Crippen LogP contribution is -2.48. The van der Waals surface area contributed by atoms with Crippen LogP contribution in [0.2, 0.25) is 0 Å². The van der Waals surface area contributed by atoms with E-state index in [0.717, 1.165) is 95.0 Å². The van der Waals surface area contributed by atoms with E-state index < -0.39 is 0 Å². The number of ether oxygens (including phenoxy) is 1. The summed E-state index contributed by atoms with van der Waals surface area (Å²) in [5.74, 6) is 2.34. The molecule has 0 radical (unpaired) electrons. The summed E-state index contributed by atoms with van der Waals surface area (Å²) in [6.07, 6.45) is 8.67. The summed E-state index contributed by atoms with van der Waals surface area (Å²) in [6.45, 7) is 17.1. The van der Waals surface area contributed by atoms with Gasteiger partial charge in [0.25, 0.3) is 6.47 Å². The van der Waals surface area contributed by atoms with Gasteiger partial charge in [-0.15, -0.1) is 0 Å². The molecule has 5 N–H and O–H groups in total. The summed E-state index contributed by atoms with van der Waals surface area (Å²) in [5, 5.41) is 13.3. The largest absolute Gasteiger partial charge is 0.493 e. The number of nitrogens with zero attached hydrogens (tertiary/aromatic N) is 6. The molecule has 2 atom stereocenters. The fraction of sp³-hybridized carbons (Fsp3) is 0.568. The smallest absolute Gasteiger partial charge is 0.290 e. The lowest BCUT2D eigenvalue weighted by atomic mass is 9.94. The van der Waals surface area contributed by atoms with Gasteiger partial charge in [-0.1, -0.05) is 19.9 Å². The maximum Gasteiger partial charge on any atom is 0.290 e. The number of amides is 1. The van der Waals surface area contributed by atoms with Crippen molar-refractivity contribution < 1.29 is 19.4 Å². The van der Waals surface area contributed by atoms with Gasteiger partial charge in [0, 0.05) is 69.5 Å².